The Bertz CT molecular complexity index is 388. The normalized spacial score (nSPS) is 26.5. The van der Waals surface area contributed by atoms with Gasteiger partial charge in [0.1, 0.15) is 0 Å². The highest BCUT2D eigenvalue weighted by Gasteiger charge is 2.25. The van der Waals surface area contributed by atoms with Crippen LogP contribution < -0.4 is 0 Å². The van der Waals surface area contributed by atoms with E-state index in [1.54, 1.807) is 5.56 Å². The van der Waals surface area contributed by atoms with Gasteiger partial charge in [-0.1, -0.05) is 59.5 Å². The van der Waals surface area contributed by atoms with Gasteiger partial charge in [0.2, 0.25) is 0 Å². The largest absolute Gasteiger partial charge is 0.381 e. The Labute approximate surface area is 124 Å². The van der Waals surface area contributed by atoms with Crippen LogP contribution in [0.2, 0.25) is 0 Å². The Kier molecular flexibility index (Phi) is 4.60. The monoisotopic (exact) mass is 322 g/mol. The number of halogens is 1. The lowest BCUT2D eigenvalue weighted by atomic mass is 9.83. The fourth-order valence-corrected chi connectivity index (χ4v) is 4.17. The molecule has 2 unspecified atom stereocenters. The fraction of sp³-hybridized carbons (Fsp3) is 0.647. The lowest BCUT2D eigenvalue weighted by molar-refractivity contribution is 0.185. The van der Waals surface area contributed by atoms with Crippen LogP contribution in [0.3, 0.4) is 0 Å². The molecule has 0 aromatic heterocycles. The summed E-state index contributed by atoms with van der Waals surface area (Å²) < 4.78 is 5.49. The summed E-state index contributed by atoms with van der Waals surface area (Å²) in [5, 5.41) is 0. The Hall–Kier alpha value is -0.340. The highest BCUT2D eigenvalue weighted by Crippen LogP contribution is 2.37. The molecule has 2 fully saturated rings. The summed E-state index contributed by atoms with van der Waals surface area (Å²) >= 11 is 3.85. The van der Waals surface area contributed by atoms with E-state index in [9.17, 15) is 0 Å². The average molecular weight is 323 g/mol. The van der Waals surface area contributed by atoms with Gasteiger partial charge in [0, 0.05) is 17.4 Å². The first kappa shape index (κ1) is 13.6. The smallest absolute Gasteiger partial charge is 0.0509 e. The molecule has 1 heterocycles. The Morgan fingerprint density at radius 3 is 2.37 bits per heavy atom. The molecular weight excluding hydrogens is 300 g/mol. The predicted molar refractivity (Wildman–Crippen MR) is 82.9 cm³/mol. The van der Waals surface area contributed by atoms with Crippen LogP contribution in [-0.2, 0) is 4.74 Å². The molecule has 0 bridgehead atoms. The third-order valence-corrected chi connectivity index (χ3v) is 5.99. The molecule has 0 spiro atoms. The van der Waals surface area contributed by atoms with Crippen molar-refractivity contribution in [3.8, 4) is 0 Å². The molecule has 2 heteroatoms. The van der Waals surface area contributed by atoms with E-state index < -0.39 is 0 Å². The van der Waals surface area contributed by atoms with Crippen molar-refractivity contribution in [2.24, 2.45) is 5.92 Å². The van der Waals surface area contributed by atoms with Gasteiger partial charge in [0.25, 0.3) is 0 Å². The number of hydrogen-bond donors (Lipinski definition) is 0. The second kappa shape index (κ2) is 6.41. The van der Waals surface area contributed by atoms with Crippen molar-refractivity contribution in [2.45, 2.75) is 49.3 Å². The molecule has 1 saturated heterocycles. The number of hydrogen-bond acceptors (Lipinski definition) is 1. The number of alkyl halides is 1. The van der Waals surface area contributed by atoms with Gasteiger partial charge in [-0.25, -0.2) is 0 Å². The third-order valence-electron chi connectivity index (χ3n) is 4.71. The molecule has 0 N–H and O–H groups in total. The van der Waals surface area contributed by atoms with Gasteiger partial charge < -0.3 is 4.74 Å². The van der Waals surface area contributed by atoms with E-state index in [0.29, 0.717) is 10.7 Å². The number of ether oxygens (including phenoxy) is 1. The van der Waals surface area contributed by atoms with Crippen molar-refractivity contribution in [3.63, 3.8) is 0 Å². The summed E-state index contributed by atoms with van der Waals surface area (Å²) in [6.07, 6.45) is 8.20. The van der Waals surface area contributed by atoms with Crippen molar-refractivity contribution in [2.75, 3.05) is 13.2 Å². The van der Waals surface area contributed by atoms with E-state index in [1.165, 1.54) is 44.1 Å². The summed E-state index contributed by atoms with van der Waals surface area (Å²) in [7, 11) is 0. The quantitative estimate of drug-likeness (QED) is 0.694. The molecule has 2 aliphatic rings. The zero-order valence-electron chi connectivity index (χ0n) is 11.5. The second-order valence-electron chi connectivity index (χ2n) is 6.03. The van der Waals surface area contributed by atoms with Crippen LogP contribution >= 0.6 is 15.9 Å². The first-order valence-corrected chi connectivity index (χ1v) is 8.58. The molecule has 0 amide bonds. The zero-order valence-corrected chi connectivity index (χ0v) is 13.1. The molecule has 19 heavy (non-hydrogen) atoms. The molecule has 104 valence electrons. The van der Waals surface area contributed by atoms with Crippen molar-refractivity contribution in [3.05, 3.63) is 35.4 Å². The van der Waals surface area contributed by atoms with Crippen molar-refractivity contribution < 1.29 is 4.74 Å². The van der Waals surface area contributed by atoms with E-state index in [4.69, 9.17) is 4.74 Å². The average Bonchev–Trinajstić information content (AvgIpc) is 3.02. The van der Waals surface area contributed by atoms with Gasteiger partial charge in [-0.3, -0.25) is 0 Å². The molecular formula is C17H23BrO. The van der Waals surface area contributed by atoms with Gasteiger partial charge >= 0.3 is 0 Å². The lowest BCUT2D eigenvalue weighted by Crippen LogP contribution is -2.08. The van der Waals surface area contributed by atoms with Gasteiger partial charge in [0.05, 0.1) is 6.61 Å². The number of benzene rings is 1. The first-order valence-electron chi connectivity index (χ1n) is 7.66. The molecule has 1 aliphatic carbocycles. The van der Waals surface area contributed by atoms with E-state index in [1.807, 2.05) is 0 Å². The highest BCUT2D eigenvalue weighted by molar-refractivity contribution is 9.09. The Morgan fingerprint density at radius 1 is 1.00 bits per heavy atom. The summed E-state index contributed by atoms with van der Waals surface area (Å²) in [5.74, 6) is 1.45. The zero-order chi connectivity index (χ0) is 13.1. The second-order valence-corrected chi connectivity index (χ2v) is 7.01. The predicted octanol–water partition coefficient (Wildman–Crippen LogP) is 5.21. The van der Waals surface area contributed by atoms with Crippen LogP contribution in [0, 0.1) is 5.92 Å². The van der Waals surface area contributed by atoms with Gasteiger partial charge in [0.15, 0.2) is 0 Å². The topological polar surface area (TPSA) is 9.23 Å². The third kappa shape index (κ3) is 3.22. The lowest BCUT2D eigenvalue weighted by Gasteiger charge is -2.23. The fourth-order valence-electron chi connectivity index (χ4n) is 3.44. The molecule has 2 atom stereocenters. The van der Waals surface area contributed by atoms with Crippen LogP contribution in [0.15, 0.2) is 24.3 Å². The summed E-state index contributed by atoms with van der Waals surface area (Å²) in [6.45, 7) is 1.83. The molecule has 1 aliphatic heterocycles. The van der Waals surface area contributed by atoms with Gasteiger partial charge in [-0.05, 0) is 36.3 Å². The maximum Gasteiger partial charge on any atom is 0.0509 e. The molecule has 1 nitrogen and oxygen atoms in total. The van der Waals surface area contributed by atoms with Crippen LogP contribution in [0.25, 0.3) is 0 Å². The molecule has 1 aromatic rings. The highest BCUT2D eigenvalue weighted by atomic mass is 79.9. The van der Waals surface area contributed by atoms with E-state index >= 15 is 0 Å². The summed E-state index contributed by atoms with van der Waals surface area (Å²) in [6, 6.07) is 9.36. The van der Waals surface area contributed by atoms with E-state index in [2.05, 4.69) is 40.2 Å². The van der Waals surface area contributed by atoms with Gasteiger partial charge in [-0.2, -0.15) is 0 Å². The molecule has 1 saturated carbocycles. The Morgan fingerprint density at radius 2 is 1.74 bits per heavy atom. The minimum atomic E-state index is 0.454. The van der Waals surface area contributed by atoms with Crippen LogP contribution in [0.4, 0.5) is 0 Å². The van der Waals surface area contributed by atoms with Crippen LogP contribution in [-0.4, -0.2) is 13.2 Å². The molecule has 0 radical (unpaired) electrons. The first-order chi connectivity index (χ1) is 9.34. The summed E-state index contributed by atoms with van der Waals surface area (Å²) in [4.78, 5) is 0.454. The maximum atomic E-state index is 5.49. The van der Waals surface area contributed by atoms with E-state index in [-0.39, 0.29) is 0 Å². The van der Waals surface area contributed by atoms with Crippen LogP contribution in [0.5, 0.6) is 0 Å². The minimum Gasteiger partial charge on any atom is -0.381 e. The summed E-state index contributed by atoms with van der Waals surface area (Å²) in [5.41, 5.74) is 2.96. The number of rotatable bonds is 3. The molecule has 3 rings (SSSR count). The van der Waals surface area contributed by atoms with Crippen molar-refractivity contribution in [1.29, 1.82) is 0 Å². The Balaban J connectivity index is 1.67. The standard InChI is InChI=1S/C17H23BrO/c18-17(16-10-11-19-12-16)15-8-6-14(7-9-15)13-4-2-1-3-5-13/h6-9,13,16-17H,1-5,10-12H2. The van der Waals surface area contributed by atoms with Crippen molar-refractivity contribution >= 4 is 15.9 Å². The maximum absolute atomic E-state index is 5.49. The van der Waals surface area contributed by atoms with Crippen LogP contribution in [0.1, 0.15) is 60.4 Å². The minimum absolute atomic E-state index is 0.454. The van der Waals surface area contributed by atoms with Gasteiger partial charge in [-0.15, -0.1) is 0 Å². The van der Waals surface area contributed by atoms with Crippen molar-refractivity contribution in [1.82, 2.24) is 0 Å². The molecule has 1 aromatic carbocycles. The SMILES string of the molecule is BrC(c1ccc(C2CCCCC2)cc1)C1CCOC1. The van der Waals surface area contributed by atoms with E-state index in [0.717, 1.165) is 19.1 Å².